The Morgan fingerprint density at radius 3 is 0.882 bits per heavy atom. The second kappa shape index (κ2) is 60.2. The molecule has 0 radical (unpaired) electrons. The zero-order valence-electron chi connectivity index (χ0n) is 46.7. The first-order chi connectivity index (χ1) is 33.7. The van der Waals surface area contributed by atoms with E-state index in [0.29, 0.717) is 12.8 Å². The Morgan fingerprint density at radius 1 is 0.353 bits per heavy atom. The average molecular weight is 957 g/mol. The number of carbonyl (C=O) groups excluding carboxylic acids is 1. The van der Waals surface area contributed by atoms with E-state index in [9.17, 15) is 15.0 Å². The number of aliphatic hydroxyl groups excluding tert-OH is 2. The fourth-order valence-corrected chi connectivity index (χ4v) is 10.2. The highest BCUT2D eigenvalue weighted by Gasteiger charge is 2.20. The van der Waals surface area contributed by atoms with Crippen LogP contribution in [-0.2, 0) is 4.79 Å². The molecule has 4 heteroatoms. The zero-order chi connectivity index (χ0) is 49.2. The molecular formula is C64H125NO3. The standard InChI is InChI=1S/C64H125NO3/c1-3-5-7-9-11-13-15-17-19-21-23-25-27-28-29-30-31-32-33-34-35-36-38-39-41-43-45-47-49-51-53-55-57-59-63(67)62(61-66)65-64(68)60-58-56-54-52-50-48-46-44-42-40-37-26-24-22-20-18-16-14-12-10-8-6-4-2/h16,18,22,24,62-63,66-67H,3-15,17,19-21,23,25-61H2,1-2H3,(H,65,68)/b18-16-,24-22-. The average Bonchev–Trinajstić information content (AvgIpc) is 3.34. The Bertz CT molecular complexity index is 994. The van der Waals surface area contributed by atoms with Crippen molar-refractivity contribution in [2.45, 2.75) is 373 Å². The molecule has 1 amide bonds. The van der Waals surface area contributed by atoms with Gasteiger partial charge in [-0.2, -0.15) is 0 Å². The number of nitrogens with one attached hydrogen (secondary N) is 1. The van der Waals surface area contributed by atoms with Gasteiger partial charge in [0.25, 0.3) is 0 Å². The molecule has 0 aliphatic heterocycles. The van der Waals surface area contributed by atoms with Gasteiger partial charge in [-0.25, -0.2) is 0 Å². The van der Waals surface area contributed by atoms with Crippen molar-refractivity contribution in [3.05, 3.63) is 24.3 Å². The molecule has 0 aromatic rings. The van der Waals surface area contributed by atoms with Crippen LogP contribution in [0.3, 0.4) is 0 Å². The highest BCUT2D eigenvalue weighted by Crippen LogP contribution is 2.19. The minimum Gasteiger partial charge on any atom is -0.394 e. The lowest BCUT2D eigenvalue weighted by atomic mass is 10.0. The van der Waals surface area contributed by atoms with Gasteiger partial charge in [0.2, 0.25) is 5.91 Å². The summed E-state index contributed by atoms with van der Waals surface area (Å²) in [5.41, 5.74) is 0. The van der Waals surface area contributed by atoms with Crippen LogP contribution in [0.15, 0.2) is 24.3 Å². The lowest BCUT2D eigenvalue weighted by Crippen LogP contribution is -2.45. The first-order valence-electron chi connectivity index (χ1n) is 31.5. The molecule has 2 atom stereocenters. The van der Waals surface area contributed by atoms with Gasteiger partial charge in [-0.1, -0.05) is 334 Å². The van der Waals surface area contributed by atoms with Crippen LogP contribution >= 0.6 is 0 Å². The molecule has 4 nitrogen and oxygen atoms in total. The lowest BCUT2D eigenvalue weighted by molar-refractivity contribution is -0.123. The number of aliphatic hydroxyl groups is 2. The molecule has 0 saturated carbocycles. The number of carbonyl (C=O) groups is 1. The van der Waals surface area contributed by atoms with Gasteiger partial charge in [0.05, 0.1) is 18.8 Å². The second-order valence-corrected chi connectivity index (χ2v) is 21.8. The van der Waals surface area contributed by atoms with E-state index in [2.05, 4.69) is 43.5 Å². The van der Waals surface area contributed by atoms with E-state index in [0.717, 1.165) is 32.1 Å². The molecule has 0 bridgehead atoms. The smallest absolute Gasteiger partial charge is 0.220 e. The summed E-state index contributed by atoms with van der Waals surface area (Å²) in [5.74, 6) is -0.0277. The van der Waals surface area contributed by atoms with Crippen LogP contribution in [0.1, 0.15) is 361 Å². The van der Waals surface area contributed by atoms with Crippen LogP contribution in [0.25, 0.3) is 0 Å². The normalized spacial score (nSPS) is 12.8. The molecule has 2 unspecified atom stereocenters. The van der Waals surface area contributed by atoms with Crippen LogP contribution in [0, 0.1) is 0 Å². The summed E-state index contributed by atoms with van der Waals surface area (Å²) in [4.78, 5) is 12.5. The summed E-state index contributed by atoms with van der Waals surface area (Å²) in [6.45, 7) is 4.39. The van der Waals surface area contributed by atoms with Gasteiger partial charge in [-0.3, -0.25) is 4.79 Å². The van der Waals surface area contributed by atoms with Crippen LogP contribution in [0.4, 0.5) is 0 Å². The number of hydrogen-bond donors (Lipinski definition) is 3. The molecule has 0 fully saturated rings. The van der Waals surface area contributed by atoms with Crippen molar-refractivity contribution in [2.75, 3.05) is 6.61 Å². The third kappa shape index (κ3) is 55.8. The highest BCUT2D eigenvalue weighted by atomic mass is 16.3. The molecule has 0 aromatic heterocycles. The van der Waals surface area contributed by atoms with E-state index in [1.165, 1.54) is 302 Å². The summed E-state index contributed by atoms with van der Waals surface area (Å²) in [6, 6.07) is -0.538. The maximum Gasteiger partial charge on any atom is 0.220 e. The van der Waals surface area contributed by atoms with Crippen molar-refractivity contribution in [3.63, 3.8) is 0 Å². The first kappa shape index (κ1) is 66.9. The van der Waals surface area contributed by atoms with E-state index in [1.807, 2.05) is 0 Å². The van der Waals surface area contributed by atoms with Gasteiger partial charge in [0, 0.05) is 6.42 Å². The van der Waals surface area contributed by atoms with Crippen LogP contribution in [0.2, 0.25) is 0 Å². The molecule has 0 rings (SSSR count). The SMILES string of the molecule is CCCCCCC/C=C\C/C=C\CCCCCCCCCCCCCC(=O)NC(CO)C(O)CCCCCCCCCCCCCCCCCCCCCCCCCCCCCCCCCCC. The van der Waals surface area contributed by atoms with Gasteiger partial charge in [0.1, 0.15) is 0 Å². The predicted molar refractivity (Wildman–Crippen MR) is 304 cm³/mol. The van der Waals surface area contributed by atoms with Crippen molar-refractivity contribution in [2.24, 2.45) is 0 Å². The molecule has 68 heavy (non-hydrogen) atoms. The van der Waals surface area contributed by atoms with Crippen molar-refractivity contribution >= 4 is 5.91 Å². The molecule has 0 aliphatic carbocycles. The third-order valence-corrected chi connectivity index (χ3v) is 15.0. The van der Waals surface area contributed by atoms with Gasteiger partial charge in [0.15, 0.2) is 0 Å². The van der Waals surface area contributed by atoms with Gasteiger partial charge < -0.3 is 15.5 Å². The molecule has 0 saturated heterocycles. The second-order valence-electron chi connectivity index (χ2n) is 21.8. The van der Waals surface area contributed by atoms with Crippen LogP contribution in [0.5, 0.6) is 0 Å². The Kier molecular flexibility index (Phi) is 59.2. The van der Waals surface area contributed by atoms with Gasteiger partial charge >= 0.3 is 0 Å². The maximum absolute atomic E-state index is 12.5. The summed E-state index contributed by atoms with van der Waals surface area (Å²) in [7, 11) is 0. The third-order valence-electron chi connectivity index (χ3n) is 15.0. The van der Waals surface area contributed by atoms with E-state index in [1.54, 1.807) is 0 Å². The molecule has 0 aromatic carbocycles. The molecular weight excluding hydrogens is 831 g/mol. The number of unbranched alkanes of at least 4 members (excludes halogenated alkanes) is 48. The quantitative estimate of drug-likeness (QED) is 0.0420. The molecule has 0 aliphatic rings. The Morgan fingerprint density at radius 2 is 0.603 bits per heavy atom. The molecule has 0 heterocycles. The van der Waals surface area contributed by atoms with Crippen molar-refractivity contribution in [3.8, 4) is 0 Å². The number of allylic oxidation sites excluding steroid dienone is 4. The fourth-order valence-electron chi connectivity index (χ4n) is 10.2. The van der Waals surface area contributed by atoms with Crippen LogP contribution in [-0.4, -0.2) is 34.9 Å². The van der Waals surface area contributed by atoms with Crippen molar-refractivity contribution in [1.82, 2.24) is 5.32 Å². The minimum absolute atomic E-state index is 0.0277. The molecule has 3 N–H and O–H groups in total. The highest BCUT2D eigenvalue weighted by molar-refractivity contribution is 5.76. The summed E-state index contributed by atoms with van der Waals surface area (Å²) in [5, 5.41) is 23.4. The lowest BCUT2D eigenvalue weighted by Gasteiger charge is -2.22. The maximum atomic E-state index is 12.5. The number of hydrogen-bond acceptors (Lipinski definition) is 3. The van der Waals surface area contributed by atoms with E-state index in [-0.39, 0.29) is 12.5 Å². The number of rotatable bonds is 59. The first-order valence-corrected chi connectivity index (χ1v) is 31.5. The Labute approximate surface area is 428 Å². The van der Waals surface area contributed by atoms with E-state index < -0.39 is 12.1 Å². The monoisotopic (exact) mass is 956 g/mol. The fraction of sp³-hybridized carbons (Fsp3) is 0.922. The zero-order valence-corrected chi connectivity index (χ0v) is 46.7. The summed E-state index contributed by atoms with van der Waals surface area (Å²) in [6.07, 6.45) is 80.6. The number of amides is 1. The van der Waals surface area contributed by atoms with Crippen molar-refractivity contribution < 1.29 is 15.0 Å². The molecule has 404 valence electrons. The topological polar surface area (TPSA) is 69.6 Å². The predicted octanol–water partition coefficient (Wildman–Crippen LogP) is 21.0. The Balaban J connectivity index is 3.40. The summed E-state index contributed by atoms with van der Waals surface area (Å²) >= 11 is 0. The van der Waals surface area contributed by atoms with Gasteiger partial charge in [-0.05, 0) is 44.9 Å². The molecule has 0 spiro atoms. The minimum atomic E-state index is -0.661. The largest absolute Gasteiger partial charge is 0.394 e. The van der Waals surface area contributed by atoms with Crippen molar-refractivity contribution in [1.29, 1.82) is 0 Å². The van der Waals surface area contributed by atoms with E-state index in [4.69, 9.17) is 0 Å². The summed E-state index contributed by atoms with van der Waals surface area (Å²) < 4.78 is 0. The van der Waals surface area contributed by atoms with Gasteiger partial charge in [-0.15, -0.1) is 0 Å². The van der Waals surface area contributed by atoms with Crippen LogP contribution < -0.4 is 5.32 Å². The van der Waals surface area contributed by atoms with E-state index >= 15 is 0 Å². The Hall–Kier alpha value is -1.13.